The highest BCUT2D eigenvalue weighted by Gasteiger charge is 2.36. The quantitative estimate of drug-likeness (QED) is 0.152. The van der Waals surface area contributed by atoms with E-state index < -0.39 is 0 Å². The highest BCUT2D eigenvalue weighted by atomic mass is 16.3. The molecule has 19 aromatic carbocycles. The van der Waals surface area contributed by atoms with Crippen molar-refractivity contribution in [2.45, 2.75) is 0 Å². The van der Waals surface area contributed by atoms with Gasteiger partial charge in [-0.1, -0.05) is 394 Å². The van der Waals surface area contributed by atoms with Crippen LogP contribution in [0.3, 0.4) is 0 Å². The summed E-state index contributed by atoms with van der Waals surface area (Å²) in [5.74, 6) is 4.21. The summed E-state index contributed by atoms with van der Waals surface area (Å²) >= 11 is 0. The summed E-state index contributed by atoms with van der Waals surface area (Å²) in [5, 5.41) is 13.6. The molecule has 10 nitrogen and oxygen atoms in total. The van der Waals surface area contributed by atoms with Gasteiger partial charge in [0.25, 0.3) is 0 Å². The van der Waals surface area contributed by atoms with Gasteiger partial charge in [-0.3, -0.25) is 4.98 Å². The van der Waals surface area contributed by atoms with Crippen molar-refractivity contribution >= 4 is 87.0 Å². The van der Waals surface area contributed by atoms with E-state index in [2.05, 4.69) is 391 Å². The van der Waals surface area contributed by atoms with Crippen molar-refractivity contribution in [3.05, 3.63) is 474 Å². The smallest absolute Gasteiger partial charge is 0.197 e. The van der Waals surface area contributed by atoms with Gasteiger partial charge in [-0.25, -0.2) is 24.9 Å². The lowest BCUT2D eigenvalue weighted by Gasteiger charge is -2.12. The minimum absolute atomic E-state index is 0.571. The molecule has 8 aromatic heterocycles. The summed E-state index contributed by atoms with van der Waals surface area (Å²) in [5.41, 5.74) is 39.4. The molecule has 10 heteroatoms. The van der Waals surface area contributed by atoms with Crippen LogP contribution in [0, 0.1) is 0 Å². The minimum atomic E-state index is 0.571. The first kappa shape index (κ1) is 81.2. The SMILES string of the molecule is c1ccc(-c2cc(-c3ccccc3)nc(-c3oc4c5c(cc6ccccc64)-c4ccccc4-c4ccccc4-c35)n2)cc1.c1ccc(-c2cccc(-c3oc4c5c(cc6ccccc64)-c4ccccc4-c4ccccc4-c35)n2)cc1.c1ccc(-c2oc3c4c(cc5ccccc53)-c3ccccc3-c3ccccc3-c24)nc1.c1cnc(-c2oc3c4c(cc5ccccc53)-c3ccccc3-c3ccccc3-c24)nc1. The van der Waals surface area contributed by atoms with Crippen LogP contribution in [0.1, 0.15) is 0 Å². The van der Waals surface area contributed by atoms with Crippen molar-refractivity contribution in [1.29, 1.82) is 0 Å². The van der Waals surface area contributed by atoms with E-state index in [4.69, 9.17) is 32.6 Å². The summed E-state index contributed by atoms with van der Waals surface area (Å²) < 4.78 is 27.1. The average Bonchev–Trinajstić information content (AvgIpc) is 1.56. The van der Waals surface area contributed by atoms with Crippen molar-refractivity contribution in [1.82, 2.24) is 29.9 Å². The van der Waals surface area contributed by atoms with E-state index in [1.165, 1.54) is 105 Å². The van der Waals surface area contributed by atoms with Crippen LogP contribution < -0.4 is 0 Å². The normalized spacial score (nSPS) is 11.8. The van der Waals surface area contributed by atoms with E-state index in [0.717, 1.165) is 172 Å². The second kappa shape index (κ2) is 33.4. The van der Waals surface area contributed by atoms with Gasteiger partial charge in [0, 0.05) is 101 Å². The van der Waals surface area contributed by atoms with E-state index in [1.54, 1.807) is 12.4 Å². The number of furan rings is 4. The summed E-state index contributed by atoms with van der Waals surface area (Å²) in [6, 6.07) is 159. The van der Waals surface area contributed by atoms with Crippen molar-refractivity contribution < 1.29 is 17.7 Å². The number of benzene rings is 19. The van der Waals surface area contributed by atoms with Gasteiger partial charge in [0.05, 0.1) is 17.1 Å². The Kier molecular flexibility index (Phi) is 19.1. The van der Waals surface area contributed by atoms with Crippen LogP contribution in [-0.2, 0) is 0 Å². The van der Waals surface area contributed by atoms with Crippen molar-refractivity contribution in [3.63, 3.8) is 0 Å². The molecule has 0 saturated carbocycles. The summed E-state index contributed by atoms with van der Waals surface area (Å²) in [4.78, 5) is 29.2. The summed E-state index contributed by atoms with van der Waals surface area (Å²) in [7, 11) is 0. The molecule has 8 heterocycles. The third-order valence-electron chi connectivity index (χ3n) is 28.3. The number of aromatic nitrogens is 6. The van der Waals surface area contributed by atoms with Gasteiger partial charge in [-0.05, 0) is 193 Å². The standard InChI is InChI=1S/C40H24N2O.C35H21NO.C29H17NO.C28H16N2O/c1-3-13-25(14-4-1)34-24-35(26-15-5-2-6-16-26)42-40(41-34)39-36-32-22-12-11-20-30(32)29-19-9-10-21-31(29)33-23-27-17-7-8-18-28(27)38(43-39)37(33)36;1-2-11-22(12-3-1)30-19-10-20-31(36-30)35-32-28-18-9-8-16-26(28)25-15-6-7-17-27(25)29-21-23-13-4-5-14-24(23)34(37-35)33(29)32;1-2-10-19-18(9-1)17-24-22-13-4-3-11-20(22)21-12-5-6-14-23(21)26-27(24)28(19)31-29(26)25-15-7-8-16-30-25;1-2-9-18-17(8-1)16-23-21-12-4-3-10-19(21)20-11-5-6-13-22(20)24-25(23)26(18)31-27(24)28-29-14-7-15-30-28/h1-24H;1-21H;1-17H;1-16H. The molecular weight excluding hydrogens is 1730 g/mol. The predicted molar refractivity (Wildman–Crippen MR) is 579 cm³/mol. The molecule has 0 bridgehead atoms. The van der Waals surface area contributed by atoms with Crippen LogP contribution in [0.4, 0.5) is 0 Å². The fraction of sp³-hybridized carbons (Fsp3) is 0. The lowest BCUT2D eigenvalue weighted by molar-refractivity contribution is 0.629. The zero-order valence-corrected chi connectivity index (χ0v) is 76.3. The predicted octanol–water partition coefficient (Wildman–Crippen LogP) is 35.6. The molecule has 27 aromatic rings. The highest BCUT2D eigenvalue weighted by molar-refractivity contribution is 6.27. The Morgan fingerprint density at radius 3 is 0.732 bits per heavy atom. The largest absolute Gasteiger partial charge is 0.453 e. The van der Waals surface area contributed by atoms with Gasteiger partial charge in [-0.2, -0.15) is 0 Å². The maximum atomic E-state index is 6.99. The molecule has 0 N–H and O–H groups in total. The van der Waals surface area contributed by atoms with E-state index in [1.807, 2.05) is 85.1 Å². The number of nitrogens with zero attached hydrogens (tertiary/aromatic N) is 6. The van der Waals surface area contributed by atoms with Crippen LogP contribution >= 0.6 is 0 Å². The van der Waals surface area contributed by atoms with Crippen LogP contribution in [0.2, 0.25) is 0 Å². The van der Waals surface area contributed by atoms with E-state index >= 15 is 0 Å². The molecule has 0 amide bonds. The van der Waals surface area contributed by atoms with E-state index in [0.29, 0.717) is 23.2 Å². The number of hydrogen-bond acceptors (Lipinski definition) is 10. The van der Waals surface area contributed by atoms with Crippen molar-refractivity contribution in [2.75, 3.05) is 0 Å². The molecule has 0 fully saturated rings. The Hall–Kier alpha value is -19.2. The lowest BCUT2D eigenvalue weighted by atomic mass is 9.93. The van der Waals surface area contributed by atoms with Gasteiger partial charge in [0.2, 0.25) is 0 Å². The Morgan fingerprint density at radius 2 is 0.394 bits per heavy atom. The maximum absolute atomic E-state index is 6.99. The first-order valence-corrected chi connectivity index (χ1v) is 47.9. The third-order valence-corrected chi connectivity index (χ3v) is 28.3. The Bertz CT molecular complexity index is 9500. The van der Waals surface area contributed by atoms with Gasteiger partial charge in [0.15, 0.2) is 34.7 Å². The second-order valence-corrected chi connectivity index (χ2v) is 36.2. The van der Waals surface area contributed by atoms with Gasteiger partial charge >= 0.3 is 0 Å². The van der Waals surface area contributed by atoms with E-state index in [-0.39, 0.29) is 0 Å². The fourth-order valence-electron chi connectivity index (χ4n) is 22.2. The first-order valence-electron chi connectivity index (χ1n) is 47.9. The summed E-state index contributed by atoms with van der Waals surface area (Å²) in [6.07, 6.45) is 5.35. The first-order chi connectivity index (χ1) is 70.5. The molecular formula is C132H78N6O4. The highest BCUT2D eigenvalue weighted by Crippen LogP contribution is 2.60. The molecule has 0 radical (unpaired) electrons. The maximum Gasteiger partial charge on any atom is 0.197 e. The second-order valence-electron chi connectivity index (χ2n) is 36.2. The van der Waals surface area contributed by atoms with Crippen LogP contribution in [0.5, 0.6) is 0 Å². The van der Waals surface area contributed by atoms with Crippen LogP contribution in [0.15, 0.2) is 491 Å². The Balaban J connectivity index is 0.0000000933. The molecule has 0 saturated heterocycles. The Morgan fingerprint density at radius 1 is 0.148 bits per heavy atom. The van der Waals surface area contributed by atoms with Crippen LogP contribution in [0.25, 0.3) is 300 Å². The summed E-state index contributed by atoms with van der Waals surface area (Å²) in [6.45, 7) is 0. The number of pyridine rings is 2. The Labute approximate surface area is 815 Å². The molecule has 0 unspecified atom stereocenters. The number of fused-ring (bicyclic) bond motifs is 28. The lowest BCUT2D eigenvalue weighted by Crippen LogP contribution is -1.96. The number of rotatable bonds is 7. The third kappa shape index (κ3) is 13.2. The molecule has 4 aliphatic rings. The molecule has 142 heavy (non-hydrogen) atoms. The molecule has 4 aliphatic carbocycles. The topological polar surface area (TPSA) is 130 Å². The zero-order chi connectivity index (χ0) is 93.4. The van der Waals surface area contributed by atoms with Gasteiger partial charge < -0.3 is 17.7 Å². The monoisotopic (exact) mass is 1810 g/mol. The van der Waals surface area contributed by atoms with E-state index in [9.17, 15) is 0 Å². The van der Waals surface area contributed by atoms with Gasteiger partial charge in [0.1, 0.15) is 33.7 Å². The molecule has 660 valence electrons. The van der Waals surface area contributed by atoms with Crippen molar-refractivity contribution in [2.24, 2.45) is 0 Å². The van der Waals surface area contributed by atoms with Gasteiger partial charge in [-0.15, -0.1) is 0 Å². The molecule has 0 atom stereocenters. The minimum Gasteiger partial charge on any atom is -0.453 e. The zero-order valence-electron chi connectivity index (χ0n) is 76.3. The van der Waals surface area contributed by atoms with Crippen molar-refractivity contribution in [3.8, 4) is 213 Å². The number of hydrogen-bond donors (Lipinski definition) is 0. The molecule has 0 aliphatic heterocycles. The van der Waals surface area contributed by atoms with Crippen LogP contribution in [-0.4, -0.2) is 29.9 Å². The molecule has 31 rings (SSSR count). The molecule has 0 spiro atoms. The average molecular weight is 1810 g/mol. The fourth-order valence-corrected chi connectivity index (χ4v) is 22.2.